The highest BCUT2D eigenvalue weighted by molar-refractivity contribution is 5.46. The molecule has 1 rings (SSSR count). The maximum Gasteiger partial charge on any atom is 0.146 e. The first kappa shape index (κ1) is 13.9. The Kier molecular flexibility index (Phi) is 4.46. The molecule has 0 radical (unpaired) electrons. The van der Waals surface area contributed by atoms with Gasteiger partial charge in [0, 0.05) is 12.6 Å². The van der Waals surface area contributed by atoms with Gasteiger partial charge in [0.1, 0.15) is 11.6 Å². The van der Waals surface area contributed by atoms with E-state index in [4.69, 9.17) is 4.74 Å². The molecule has 0 saturated heterocycles. The Hall–Kier alpha value is -1.16. The lowest BCUT2D eigenvalue weighted by atomic mass is 10.2. The first-order chi connectivity index (χ1) is 7.79. The van der Waals surface area contributed by atoms with Crippen LogP contribution >= 0.6 is 0 Å². The summed E-state index contributed by atoms with van der Waals surface area (Å²) >= 11 is 0. The molecule has 1 aromatic carbocycles. The van der Waals surface area contributed by atoms with Crippen LogP contribution in [0.4, 0.5) is 14.5 Å². The fourth-order valence-electron chi connectivity index (χ4n) is 1.32. The second-order valence-corrected chi connectivity index (χ2v) is 4.97. The number of aryl methyl sites for hydroxylation is 1. The van der Waals surface area contributed by atoms with Crippen molar-refractivity contribution in [3.8, 4) is 0 Å². The zero-order valence-corrected chi connectivity index (χ0v) is 10.7. The predicted molar refractivity (Wildman–Crippen MR) is 65.3 cm³/mol. The van der Waals surface area contributed by atoms with Gasteiger partial charge < -0.3 is 10.1 Å². The highest BCUT2D eigenvalue weighted by Crippen LogP contribution is 2.18. The van der Waals surface area contributed by atoms with E-state index in [1.807, 2.05) is 20.8 Å². The van der Waals surface area contributed by atoms with Crippen molar-refractivity contribution in [1.29, 1.82) is 0 Å². The van der Waals surface area contributed by atoms with Gasteiger partial charge in [-0.3, -0.25) is 0 Å². The molecule has 0 heterocycles. The van der Waals surface area contributed by atoms with Crippen molar-refractivity contribution in [3.63, 3.8) is 0 Å². The quantitative estimate of drug-likeness (QED) is 0.817. The van der Waals surface area contributed by atoms with Gasteiger partial charge in [-0.25, -0.2) is 8.78 Å². The van der Waals surface area contributed by atoms with Crippen molar-refractivity contribution < 1.29 is 13.5 Å². The summed E-state index contributed by atoms with van der Waals surface area (Å²) in [5, 5.41) is 2.81. The summed E-state index contributed by atoms with van der Waals surface area (Å²) in [5.41, 5.74) is 0.253. The SMILES string of the molecule is Cc1cc(F)c(NCCOC(C)(C)C)cc1F. The smallest absolute Gasteiger partial charge is 0.146 e. The van der Waals surface area contributed by atoms with Gasteiger partial charge in [-0.2, -0.15) is 0 Å². The molecule has 0 unspecified atom stereocenters. The Labute approximate surface area is 101 Å². The summed E-state index contributed by atoms with van der Waals surface area (Å²) in [6.07, 6.45) is 0. The molecule has 17 heavy (non-hydrogen) atoms. The molecular formula is C13H19F2NO. The van der Waals surface area contributed by atoms with Crippen molar-refractivity contribution in [2.24, 2.45) is 0 Å². The average Bonchev–Trinajstić information content (AvgIpc) is 2.18. The molecule has 96 valence electrons. The molecule has 0 aliphatic carbocycles. The number of benzene rings is 1. The Morgan fingerprint density at radius 3 is 2.41 bits per heavy atom. The first-order valence-corrected chi connectivity index (χ1v) is 5.63. The average molecular weight is 243 g/mol. The van der Waals surface area contributed by atoms with Crippen LogP contribution in [0.3, 0.4) is 0 Å². The van der Waals surface area contributed by atoms with Gasteiger partial charge in [0.25, 0.3) is 0 Å². The normalized spacial score (nSPS) is 11.6. The molecule has 0 saturated carbocycles. The summed E-state index contributed by atoms with van der Waals surface area (Å²) < 4.78 is 32.1. The molecule has 0 bridgehead atoms. The lowest BCUT2D eigenvalue weighted by molar-refractivity contribution is 0.00332. The number of anilines is 1. The van der Waals surface area contributed by atoms with E-state index in [1.54, 1.807) is 0 Å². The molecule has 0 fully saturated rings. The third kappa shape index (κ3) is 4.69. The maximum atomic E-state index is 13.4. The zero-order chi connectivity index (χ0) is 13.1. The Morgan fingerprint density at radius 1 is 1.18 bits per heavy atom. The molecule has 0 atom stereocenters. The van der Waals surface area contributed by atoms with Crippen LogP contribution in [0.5, 0.6) is 0 Å². The molecule has 0 aliphatic heterocycles. The van der Waals surface area contributed by atoms with Crippen molar-refractivity contribution in [2.45, 2.75) is 33.3 Å². The molecular weight excluding hydrogens is 224 g/mol. The molecule has 0 aromatic heterocycles. The zero-order valence-electron chi connectivity index (χ0n) is 10.7. The molecule has 0 aliphatic rings. The third-order valence-corrected chi connectivity index (χ3v) is 2.20. The van der Waals surface area contributed by atoms with Crippen molar-refractivity contribution in [2.75, 3.05) is 18.5 Å². The summed E-state index contributed by atoms with van der Waals surface area (Å²) in [7, 11) is 0. The first-order valence-electron chi connectivity index (χ1n) is 5.63. The Bertz CT molecular complexity index is 386. The second kappa shape index (κ2) is 5.45. The van der Waals surface area contributed by atoms with E-state index in [0.717, 1.165) is 0 Å². The van der Waals surface area contributed by atoms with E-state index < -0.39 is 11.6 Å². The predicted octanol–water partition coefficient (Wildman–Crippen LogP) is 3.50. The summed E-state index contributed by atoms with van der Waals surface area (Å²) in [6.45, 7) is 8.25. The Balaban J connectivity index is 2.50. The lowest BCUT2D eigenvalue weighted by Crippen LogP contribution is -2.23. The van der Waals surface area contributed by atoms with E-state index in [9.17, 15) is 8.78 Å². The van der Waals surface area contributed by atoms with Gasteiger partial charge in [0.05, 0.1) is 17.9 Å². The van der Waals surface area contributed by atoms with Crippen molar-refractivity contribution >= 4 is 5.69 Å². The van der Waals surface area contributed by atoms with E-state index >= 15 is 0 Å². The molecule has 4 heteroatoms. The van der Waals surface area contributed by atoms with Crippen LogP contribution in [0.2, 0.25) is 0 Å². The van der Waals surface area contributed by atoms with Gasteiger partial charge >= 0.3 is 0 Å². The molecule has 1 N–H and O–H groups in total. The van der Waals surface area contributed by atoms with Crippen LogP contribution in [0, 0.1) is 18.6 Å². The van der Waals surface area contributed by atoms with Crippen molar-refractivity contribution in [3.05, 3.63) is 29.3 Å². The monoisotopic (exact) mass is 243 g/mol. The highest BCUT2D eigenvalue weighted by atomic mass is 19.1. The number of hydrogen-bond donors (Lipinski definition) is 1. The number of nitrogens with one attached hydrogen (secondary N) is 1. The van der Waals surface area contributed by atoms with E-state index in [1.165, 1.54) is 19.1 Å². The Morgan fingerprint density at radius 2 is 1.82 bits per heavy atom. The van der Waals surface area contributed by atoms with Crippen LogP contribution in [0.1, 0.15) is 26.3 Å². The van der Waals surface area contributed by atoms with E-state index in [0.29, 0.717) is 18.7 Å². The van der Waals surface area contributed by atoms with Gasteiger partial charge in [0.15, 0.2) is 0 Å². The van der Waals surface area contributed by atoms with Crippen LogP contribution in [0.25, 0.3) is 0 Å². The number of hydrogen-bond acceptors (Lipinski definition) is 2. The fourth-order valence-corrected chi connectivity index (χ4v) is 1.32. The lowest BCUT2D eigenvalue weighted by Gasteiger charge is -2.19. The molecule has 2 nitrogen and oxygen atoms in total. The molecule has 0 amide bonds. The van der Waals surface area contributed by atoms with Gasteiger partial charge in [-0.05, 0) is 39.3 Å². The fraction of sp³-hybridized carbons (Fsp3) is 0.538. The largest absolute Gasteiger partial charge is 0.380 e. The third-order valence-electron chi connectivity index (χ3n) is 2.20. The summed E-state index contributed by atoms with van der Waals surface area (Å²) in [6, 6.07) is 2.35. The minimum absolute atomic E-state index is 0.172. The summed E-state index contributed by atoms with van der Waals surface area (Å²) in [4.78, 5) is 0. The van der Waals surface area contributed by atoms with E-state index in [-0.39, 0.29) is 11.3 Å². The van der Waals surface area contributed by atoms with E-state index in [2.05, 4.69) is 5.32 Å². The minimum Gasteiger partial charge on any atom is -0.380 e. The minimum atomic E-state index is -0.445. The van der Waals surface area contributed by atoms with Crippen LogP contribution < -0.4 is 5.32 Å². The van der Waals surface area contributed by atoms with Gasteiger partial charge in [-0.15, -0.1) is 0 Å². The molecule has 0 spiro atoms. The number of rotatable bonds is 4. The van der Waals surface area contributed by atoms with Gasteiger partial charge in [-0.1, -0.05) is 0 Å². The van der Waals surface area contributed by atoms with Crippen molar-refractivity contribution in [1.82, 2.24) is 0 Å². The standard InChI is InChI=1S/C13H19F2NO/c1-9-7-11(15)12(8-10(9)14)16-5-6-17-13(2,3)4/h7-8,16H,5-6H2,1-4H3. The topological polar surface area (TPSA) is 21.3 Å². The van der Waals surface area contributed by atoms with Crippen LogP contribution in [-0.4, -0.2) is 18.8 Å². The maximum absolute atomic E-state index is 13.4. The number of halogens is 2. The molecule has 1 aromatic rings. The summed E-state index contributed by atoms with van der Waals surface area (Å²) in [5.74, 6) is -0.856. The highest BCUT2D eigenvalue weighted by Gasteiger charge is 2.10. The van der Waals surface area contributed by atoms with Gasteiger partial charge in [0.2, 0.25) is 0 Å². The number of ether oxygens (including phenoxy) is 1. The van der Waals surface area contributed by atoms with Crippen LogP contribution in [0.15, 0.2) is 12.1 Å². The second-order valence-electron chi connectivity index (χ2n) is 4.97. The van der Waals surface area contributed by atoms with Crippen LogP contribution in [-0.2, 0) is 4.74 Å².